The molecule has 1 atom stereocenters. The fraction of sp³-hybridized carbons (Fsp3) is 1.00. The molecule has 2 fully saturated rings. The van der Waals surface area contributed by atoms with E-state index < -0.39 is 0 Å². The van der Waals surface area contributed by atoms with Crippen LogP contribution in [0.3, 0.4) is 0 Å². The smallest absolute Gasteiger partial charge is 0.0462 e. The summed E-state index contributed by atoms with van der Waals surface area (Å²) in [5, 5.41) is 3.65. The van der Waals surface area contributed by atoms with Crippen molar-refractivity contribution in [1.82, 2.24) is 10.2 Å². The lowest BCUT2D eigenvalue weighted by Crippen LogP contribution is -2.51. The standard InChI is InChI=1S/C12H24N2O/c1-15-9-3-2-7-14-8-6-13-12(10-14)11-4-5-11/h11-13H,2-10H2,1H3. The first-order valence-corrected chi connectivity index (χ1v) is 6.35. The maximum atomic E-state index is 5.07. The predicted octanol–water partition coefficient (Wildman–Crippen LogP) is 1.10. The molecular formula is C12H24N2O. The number of piperazine rings is 1. The maximum Gasteiger partial charge on any atom is 0.0462 e. The summed E-state index contributed by atoms with van der Waals surface area (Å²) in [5.41, 5.74) is 0. The molecule has 88 valence electrons. The number of methoxy groups -OCH3 is 1. The first-order chi connectivity index (χ1) is 7.40. The molecule has 1 aliphatic carbocycles. The van der Waals surface area contributed by atoms with Gasteiger partial charge in [0.25, 0.3) is 0 Å². The lowest BCUT2D eigenvalue weighted by Gasteiger charge is -2.33. The molecule has 0 radical (unpaired) electrons. The van der Waals surface area contributed by atoms with Crippen molar-refractivity contribution in [3.63, 3.8) is 0 Å². The number of ether oxygens (including phenoxy) is 1. The topological polar surface area (TPSA) is 24.5 Å². The van der Waals surface area contributed by atoms with Gasteiger partial charge in [-0.25, -0.2) is 0 Å². The largest absolute Gasteiger partial charge is 0.385 e. The van der Waals surface area contributed by atoms with E-state index in [-0.39, 0.29) is 0 Å². The van der Waals surface area contributed by atoms with Crippen molar-refractivity contribution in [2.24, 2.45) is 5.92 Å². The van der Waals surface area contributed by atoms with Gasteiger partial charge in [-0.1, -0.05) is 0 Å². The van der Waals surface area contributed by atoms with Crippen LogP contribution in [0.2, 0.25) is 0 Å². The van der Waals surface area contributed by atoms with Crippen molar-refractivity contribution in [2.75, 3.05) is 39.9 Å². The predicted molar refractivity (Wildman–Crippen MR) is 62.1 cm³/mol. The van der Waals surface area contributed by atoms with Crippen LogP contribution < -0.4 is 5.32 Å². The van der Waals surface area contributed by atoms with Crippen LogP contribution >= 0.6 is 0 Å². The van der Waals surface area contributed by atoms with Crippen molar-refractivity contribution in [2.45, 2.75) is 31.7 Å². The normalized spacial score (nSPS) is 28.2. The van der Waals surface area contributed by atoms with Gasteiger partial charge in [0.2, 0.25) is 0 Å². The third-order valence-electron chi connectivity index (χ3n) is 3.55. The van der Waals surface area contributed by atoms with Crippen molar-refractivity contribution in [3.05, 3.63) is 0 Å². The second-order valence-corrected chi connectivity index (χ2v) is 4.90. The van der Waals surface area contributed by atoms with Gasteiger partial charge < -0.3 is 15.0 Å². The minimum Gasteiger partial charge on any atom is -0.385 e. The minimum absolute atomic E-state index is 0.793. The minimum atomic E-state index is 0.793. The fourth-order valence-corrected chi connectivity index (χ4v) is 2.44. The lowest BCUT2D eigenvalue weighted by atomic mass is 10.1. The highest BCUT2D eigenvalue weighted by atomic mass is 16.5. The number of unbranched alkanes of at least 4 members (excludes halogenated alkanes) is 1. The molecule has 3 nitrogen and oxygen atoms in total. The summed E-state index contributed by atoms with van der Waals surface area (Å²) in [6, 6.07) is 0.793. The Balaban J connectivity index is 1.59. The van der Waals surface area contributed by atoms with Gasteiger partial charge in [-0.2, -0.15) is 0 Å². The van der Waals surface area contributed by atoms with Gasteiger partial charge in [0.1, 0.15) is 0 Å². The third kappa shape index (κ3) is 3.74. The molecular weight excluding hydrogens is 188 g/mol. The van der Waals surface area contributed by atoms with Gasteiger partial charge >= 0.3 is 0 Å². The Labute approximate surface area is 93.2 Å². The molecule has 0 aromatic carbocycles. The van der Waals surface area contributed by atoms with E-state index in [1.807, 2.05) is 0 Å². The van der Waals surface area contributed by atoms with E-state index in [0.717, 1.165) is 18.6 Å². The first-order valence-electron chi connectivity index (χ1n) is 6.35. The number of hydrogen-bond acceptors (Lipinski definition) is 3. The van der Waals surface area contributed by atoms with Crippen molar-refractivity contribution >= 4 is 0 Å². The van der Waals surface area contributed by atoms with Gasteiger partial charge in [-0.3, -0.25) is 0 Å². The van der Waals surface area contributed by atoms with Crippen LogP contribution in [0.5, 0.6) is 0 Å². The van der Waals surface area contributed by atoms with E-state index >= 15 is 0 Å². The number of hydrogen-bond donors (Lipinski definition) is 1. The Morgan fingerprint density at radius 1 is 1.33 bits per heavy atom. The van der Waals surface area contributed by atoms with Crippen LogP contribution in [-0.2, 0) is 4.74 Å². The second-order valence-electron chi connectivity index (χ2n) is 4.90. The van der Waals surface area contributed by atoms with Crippen LogP contribution in [0.15, 0.2) is 0 Å². The quantitative estimate of drug-likeness (QED) is 0.667. The summed E-state index contributed by atoms with van der Waals surface area (Å²) in [4.78, 5) is 2.62. The Hall–Kier alpha value is -0.120. The maximum absolute atomic E-state index is 5.07. The first kappa shape index (κ1) is 11.4. The van der Waals surface area contributed by atoms with E-state index in [2.05, 4.69) is 10.2 Å². The molecule has 1 N–H and O–H groups in total. The molecule has 0 aromatic heterocycles. The summed E-state index contributed by atoms with van der Waals surface area (Å²) in [7, 11) is 1.79. The summed E-state index contributed by atoms with van der Waals surface area (Å²) < 4.78 is 5.07. The van der Waals surface area contributed by atoms with Crippen molar-refractivity contribution < 1.29 is 4.74 Å². The Morgan fingerprint density at radius 2 is 2.20 bits per heavy atom. The molecule has 0 bridgehead atoms. The molecule has 2 rings (SSSR count). The number of rotatable bonds is 6. The van der Waals surface area contributed by atoms with Gasteiger partial charge in [0.15, 0.2) is 0 Å². The third-order valence-corrected chi connectivity index (χ3v) is 3.55. The SMILES string of the molecule is COCCCCN1CCNC(C2CC2)C1. The van der Waals surface area contributed by atoms with Crippen LogP contribution in [0.1, 0.15) is 25.7 Å². The zero-order chi connectivity index (χ0) is 10.5. The molecule has 2 aliphatic rings. The summed E-state index contributed by atoms with van der Waals surface area (Å²) in [6.07, 6.45) is 5.39. The summed E-state index contributed by atoms with van der Waals surface area (Å²) >= 11 is 0. The second kappa shape index (κ2) is 5.83. The molecule has 15 heavy (non-hydrogen) atoms. The molecule has 3 heteroatoms. The Morgan fingerprint density at radius 3 is 2.93 bits per heavy atom. The number of nitrogens with zero attached hydrogens (tertiary/aromatic N) is 1. The zero-order valence-corrected chi connectivity index (χ0v) is 9.87. The van der Waals surface area contributed by atoms with E-state index in [0.29, 0.717) is 0 Å². The Bertz CT molecular complexity index is 182. The highest BCUT2D eigenvalue weighted by Crippen LogP contribution is 2.33. The van der Waals surface area contributed by atoms with E-state index in [1.165, 1.54) is 51.9 Å². The fourth-order valence-electron chi connectivity index (χ4n) is 2.44. The molecule has 1 unspecified atom stereocenters. The summed E-state index contributed by atoms with van der Waals surface area (Å²) in [5.74, 6) is 0.992. The molecule has 1 saturated heterocycles. The monoisotopic (exact) mass is 212 g/mol. The highest BCUT2D eigenvalue weighted by Gasteiger charge is 2.33. The van der Waals surface area contributed by atoms with Crippen LogP contribution in [0, 0.1) is 5.92 Å². The molecule has 0 amide bonds. The van der Waals surface area contributed by atoms with E-state index in [9.17, 15) is 0 Å². The van der Waals surface area contributed by atoms with Gasteiger partial charge in [0.05, 0.1) is 0 Å². The zero-order valence-electron chi connectivity index (χ0n) is 9.87. The number of nitrogens with one attached hydrogen (secondary N) is 1. The molecule has 1 saturated carbocycles. The van der Waals surface area contributed by atoms with Crippen LogP contribution in [0.4, 0.5) is 0 Å². The molecule has 0 spiro atoms. The molecule has 1 aliphatic heterocycles. The van der Waals surface area contributed by atoms with Gasteiger partial charge in [-0.15, -0.1) is 0 Å². The van der Waals surface area contributed by atoms with Crippen molar-refractivity contribution in [3.8, 4) is 0 Å². The highest BCUT2D eigenvalue weighted by molar-refractivity contribution is 4.91. The van der Waals surface area contributed by atoms with Crippen LogP contribution in [0.25, 0.3) is 0 Å². The summed E-state index contributed by atoms with van der Waals surface area (Å²) in [6.45, 7) is 5.87. The van der Waals surface area contributed by atoms with E-state index in [1.54, 1.807) is 7.11 Å². The average molecular weight is 212 g/mol. The molecule has 0 aromatic rings. The van der Waals surface area contributed by atoms with Crippen LogP contribution in [-0.4, -0.2) is 50.8 Å². The van der Waals surface area contributed by atoms with Gasteiger partial charge in [-0.05, 0) is 38.1 Å². The van der Waals surface area contributed by atoms with E-state index in [4.69, 9.17) is 4.74 Å². The average Bonchev–Trinajstić information content (AvgIpc) is 3.09. The molecule has 1 heterocycles. The Kier molecular flexibility index (Phi) is 4.42. The van der Waals surface area contributed by atoms with Crippen molar-refractivity contribution in [1.29, 1.82) is 0 Å². The lowest BCUT2D eigenvalue weighted by molar-refractivity contribution is 0.164. The van der Waals surface area contributed by atoms with Gasteiger partial charge in [0, 0.05) is 39.4 Å².